The number of hydrogen-bond donors (Lipinski definition) is 1. The molecule has 6 nitrogen and oxygen atoms in total. The molecule has 27 heavy (non-hydrogen) atoms. The van der Waals surface area contributed by atoms with Gasteiger partial charge in [-0.15, -0.1) is 0 Å². The highest BCUT2D eigenvalue weighted by molar-refractivity contribution is 6.01. The van der Waals surface area contributed by atoms with E-state index in [-0.39, 0.29) is 23.5 Å². The average molecular weight is 373 g/mol. The predicted octanol–water partition coefficient (Wildman–Crippen LogP) is 3.17. The van der Waals surface area contributed by atoms with E-state index in [2.05, 4.69) is 10.5 Å². The molecule has 1 N–H and O–H groups in total. The maximum atomic E-state index is 13.2. The second-order valence-electron chi connectivity index (χ2n) is 6.85. The fraction of sp³-hybridized carbons (Fsp3) is 0.450. The van der Waals surface area contributed by atoms with Crippen LogP contribution in [0, 0.1) is 18.7 Å². The molecular formula is C20H24FN3O3. The van der Waals surface area contributed by atoms with Crippen LogP contribution in [0.4, 0.5) is 4.39 Å². The third-order valence-corrected chi connectivity index (χ3v) is 4.82. The minimum absolute atomic E-state index is 0.00449. The molecule has 0 bridgehead atoms. The molecule has 1 saturated heterocycles. The number of carbonyl (C=O) groups is 2. The van der Waals surface area contributed by atoms with Gasteiger partial charge >= 0.3 is 0 Å². The highest BCUT2D eigenvalue weighted by Gasteiger charge is 2.32. The summed E-state index contributed by atoms with van der Waals surface area (Å²) in [4.78, 5) is 27.1. The number of nitrogens with one attached hydrogen (secondary N) is 1. The number of benzene rings is 1. The molecule has 0 saturated carbocycles. The van der Waals surface area contributed by atoms with Crippen molar-refractivity contribution in [1.82, 2.24) is 15.4 Å². The Hall–Kier alpha value is -2.70. The SMILES string of the molecule is CCCNC(=O)C1CCCN(C(=O)c2c(-c3ccc(F)cc3)noc2C)C1. The number of piperidine rings is 1. The van der Waals surface area contributed by atoms with Gasteiger partial charge in [-0.25, -0.2) is 4.39 Å². The molecule has 1 unspecified atom stereocenters. The molecule has 1 fully saturated rings. The Morgan fingerprint density at radius 2 is 2.07 bits per heavy atom. The van der Waals surface area contributed by atoms with Crippen LogP contribution in [0.3, 0.4) is 0 Å². The zero-order valence-electron chi connectivity index (χ0n) is 15.6. The van der Waals surface area contributed by atoms with Gasteiger partial charge < -0.3 is 14.7 Å². The molecule has 0 spiro atoms. The minimum Gasteiger partial charge on any atom is -0.360 e. The highest BCUT2D eigenvalue weighted by Crippen LogP contribution is 2.28. The number of halogens is 1. The van der Waals surface area contributed by atoms with E-state index >= 15 is 0 Å². The number of likely N-dealkylation sites (tertiary alicyclic amines) is 1. The standard InChI is InChI=1S/C20H24FN3O3/c1-3-10-22-19(25)15-5-4-11-24(12-15)20(26)17-13(2)27-23-18(17)14-6-8-16(21)9-7-14/h6-9,15H,3-5,10-12H2,1-2H3,(H,22,25). The highest BCUT2D eigenvalue weighted by atomic mass is 19.1. The molecular weight excluding hydrogens is 349 g/mol. The van der Waals surface area contributed by atoms with Gasteiger partial charge in [0, 0.05) is 25.2 Å². The molecule has 0 radical (unpaired) electrons. The Morgan fingerprint density at radius 1 is 1.33 bits per heavy atom. The summed E-state index contributed by atoms with van der Waals surface area (Å²) in [5.41, 5.74) is 1.39. The monoisotopic (exact) mass is 373 g/mol. The van der Waals surface area contributed by atoms with Gasteiger partial charge in [0.15, 0.2) is 0 Å². The van der Waals surface area contributed by atoms with Gasteiger partial charge in [-0.05, 0) is 50.5 Å². The Kier molecular flexibility index (Phi) is 5.88. The number of rotatable bonds is 5. The van der Waals surface area contributed by atoms with Gasteiger partial charge in [0.05, 0.1) is 5.92 Å². The van der Waals surface area contributed by atoms with E-state index in [9.17, 15) is 14.0 Å². The van der Waals surface area contributed by atoms with Gasteiger partial charge in [-0.2, -0.15) is 0 Å². The summed E-state index contributed by atoms with van der Waals surface area (Å²) in [5, 5.41) is 6.91. The lowest BCUT2D eigenvalue weighted by atomic mass is 9.95. The van der Waals surface area contributed by atoms with Crippen molar-refractivity contribution in [2.24, 2.45) is 5.92 Å². The molecule has 2 amide bonds. The third-order valence-electron chi connectivity index (χ3n) is 4.82. The molecule has 144 valence electrons. The lowest BCUT2D eigenvalue weighted by Crippen LogP contribution is -2.45. The van der Waals surface area contributed by atoms with Crippen molar-refractivity contribution in [1.29, 1.82) is 0 Å². The maximum absolute atomic E-state index is 13.2. The first-order valence-corrected chi connectivity index (χ1v) is 9.30. The van der Waals surface area contributed by atoms with E-state index in [4.69, 9.17) is 4.52 Å². The summed E-state index contributed by atoms with van der Waals surface area (Å²) in [6.45, 7) is 5.29. The predicted molar refractivity (Wildman–Crippen MR) is 98.6 cm³/mol. The van der Waals surface area contributed by atoms with Gasteiger partial charge in [-0.3, -0.25) is 9.59 Å². The fourth-order valence-electron chi connectivity index (χ4n) is 3.36. The molecule has 3 rings (SSSR count). The van der Waals surface area contributed by atoms with Crippen LogP contribution >= 0.6 is 0 Å². The minimum atomic E-state index is -0.358. The van der Waals surface area contributed by atoms with Crippen molar-refractivity contribution in [3.8, 4) is 11.3 Å². The molecule has 1 aromatic heterocycles. The Bertz CT molecular complexity index is 816. The summed E-state index contributed by atoms with van der Waals surface area (Å²) >= 11 is 0. The van der Waals surface area contributed by atoms with Crippen molar-refractivity contribution < 1.29 is 18.5 Å². The first-order valence-electron chi connectivity index (χ1n) is 9.30. The van der Waals surface area contributed by atoms with Crippen LogP contribution in [0.5, 0.6) is 0 Å². The smallest absolute Gasteiger partial charge is 0.259 e. The summed E-state index contributed by atoms with van der Waals surface area (Å²) in [5.74, 6) is -0.361. The molecule has 1 aliphatic heterocycles. The summed E-state index contributed by atoms with van der Waals surface area (Å²) in [6.07, 6.45) is 2.42. The number of nitrogens with zero attached hydrogens (tertiary/aromatic N) is 2. The van der Waals surface area contributed by atoms with E-state index in [0.29, 0.717) is 42.2 Å². The Morgan fingerprint density at radius 3 is 2.78 bits per heavy atom. The summed E-state index contributed by atoms with van der Waals surface area (Å²) in [7, 11) is 0. The largest absolute Gasteiger partial charge is 0.360 e. The van der Waals surface area contributed by atoms with Crippen LogP contribution < -0.4 is 5.32 Å². The van der Waals surface area contributed by atoms with E-state index in [1.165, 1.54) is 12.1 Å². The van der Waals surface area contributed by atoms with Crippen LogP contribution in [-0.4, -0.2) is 41.5 Å². The van der Waals surface area contributed by atoms with Gasteiger partial charge in [0.2, 0.25) is 5.91 Å². The molecule has 1 atom stereocenters. The molecule has 1 aromatic carbocycles. The number of aromatic nitrogens is 1. The second-order valence-corrected chi connectivity index (χ2v) is 6.85. The van der Waals surface area contributed by atoms with Crippen LogP contribution in [0.15, 0.2) is 28.8 Å². The lowest BCUT2D eigenvalue weighted by molar-refractivity contribution is -0.126. The molecule has 7 heteroatoms. The molecule has 1 aliphatic rings. The third kappa shape index (κ3) is 4.18. The first-order chi connectivity index (χ1) is 13.0. The second kappa shape index (κ2) is 8.33. The molecule has 2 heterocycles. The zero-order valence-corrected chi connectivity index (χ0v) is 15.6. The number of carbonyl (C=O) groups excluding carboxylic acids is 2. The van der Waals surface area contributed by atoms with Gasteiger partial charge in [0.25, 0.3) is 5.91 Å². The average Bonchev–Trinajstić information content (AvgIpc) is 3.07. The number of amides is 2. The Balaban J connectivity index is 1.80. The van der Waals surface area contributed by atoms with E-state index in [1.807, 2.05) is 6.92 Å². The van der Waals surface area contributed by atoms with Gasteiger partial charge in [-0.1, -0.05) is 12.1 Å². The van der Waals surface area contributed by atoms with Crippen LogP contribution in [0.1, 0.15) is 42.3 Å². The maximum Gasteiger partial charge on any atom is 0.259 e. The molecule has 0 aliphatic carbocycles. The van der Waals surface area contributed by atoms with E-state index in [1.54, 1.807) is 24.0 Å². The fourth-order valence-corrected chi connectivity index (χ4v) is 3.36. The van der Waals surface area contributed by atoms with Crippen LogP contribution in [0.2, 0.25) is 0 Å². The zero-order chi connectivity index (χ0) is 19.4. The molecule has 2 aromatic rings. The van der Waals surface area contributed by atoms with Gasteiger partial charge in [0.1, 0.15) is 22.8 Å². The number of aryl methyl sites for hydroxylation is 1. The number of hydrogen-bond acceptors (Lipinski definition) is 4. The topological polar surface area (TPSA) is 75.4 Å². The first kappa shape index (κ1) is 19.1. The lowest BCUT2D eigenvalue weighted by Gasteiger charge is -2.32. The summed E-state index contributed by atoms with van der Waals surface area (Å²) < 4.78 is 18.5. The van der Waals surface area contributed by atoms with Crippen LogP contribution in [0.25, 0.3) is 11.3 Å². The van der Waals surface area contributed by atoms with Crippen molar-refractivity contribution in [2.75, 3.05) is 19.6 Å². The quantitative estimate of drug-likeness (QED) is 0.873. The van der Waals surface area contributed by atoms with Crippen molar-refractivity contribution in [3.05, 3.63) is 41.4 Å². The van der Waals surface area contributed by atoms with Crippen molar-refractivity contribution in [3.63, 3.8) is 0 Å². The van der Waals surface area contributed by atoms with E-state index < -0.39 is 0 Å². The Labute approximate surface area is 157 Å². The van der Waals surface area contributed by atoms with E-state index in [0.717, 1.165) is 19.3 Å². The van der Waals surface area contributed by atoms with Crippen molar-refractivity contribution in [2.45, 2.75) is 33.1 Å². The summed E-state index contributed by atoms with van der Waals surface area (Å²) in [6, 6.07) is 5.78. The normalized spacial score (nSPS) is 17.0. The van der Waals surface area contributed by atoms with Crippen molar-refractivity contribution >= 4 is 11.8 Å². The van der Waals surface area contributed by atoms with Crippen LogP contribution in [-0.2, 0) is 4.79 Å².